The Bertz CT molecular complexity index is 1070. The Morgan fingerprint density at radius 3 is 2.85 bits per heavy atom. The highest BCUT2D eigenvalue weighted by Crippen LogP contribution is 2.27. The van der Waals surface area contributed by atoms with Crippen molar-refractivity contribution in [2.45, 2.75) is 32.7 Å². The molecule has 0 saturated carbocycles. The average molecular weight is 357 g/mol. The van der Waals surface area contributed by atoms with E-state index >= 15 is 0 Å². The number of rotatable bonds is 5. The van der Waals surface area contributed by atoms with Crippen molar-refractivity contribution in [3.05, 3.63) is 36.4 Å². The molecule has 26 heavy (non-hydrogen) atoms. The van der Waals surface area contributed by atoms with Crippen LogP contribution in [0, 0.1) is 0 Å². The first kappa shape index (κ1) is 16.4. The predicted octanol–water partition coefficient (Wildman–Crippen LogP) is 3.82. The van der Waals surface area contributed by atoms with Crippen molar-refractivity contribution in [2.24, 2.45) is 0 Å². The van der Waals surface area contributed by atoms with Crippen molar-refractivity contribution in [3.8, 4) is 11.3 Å². The Morgan fingerprint density at radius 2 is 2.08 bits per heavy atom. The van der Waals surface area contributed by atoms with Crippen LogP contribution in [0.1, 0.15) is 32.4 Å². The summed E-state index contributed by atoms with van der Waals surface area (Å²) in [6.07, 6.45) is 2.90. The average Bonchev–Trinajstić information content (AvgIpc) is 3.24. The number of nitrogens with one attached hydrogen (secondary N) is 2. The normalized spacial score (nSPS) is 13.0. The molecule has 4 aromatic heterocycles. The summed E-state index contributed by atoms with van der Waals surface area (Å²) in [6.45, 7) is 4.13. The summed E-state index contributed by atoms with van der Waals surface area (Å²) in [4.78, 5) is 15.8. The van der Waals surface area contributed by atoms with Gasteiger partial charge in [0, 0.05) is 29.4 Å². The fourth-order valence-electron chi connectivity index (χ4n) is 2.69. The van der Waals surface area contributed by atoms with Crippen LogP contribution in [0.2, 0.25) is 0 Å². The topological polar surface area (TPSA) is 83.8 Å². The molecule has 0 radical (unpaired) electrons. The second-order valence-corrected chi connectivity index (χ2v) is 6.08. The minimum atomic E-state index is -2.65. The summed E-state index contributed by atoms with van der Waals surface area (Å²) in [5.74, 6) is 0.540. The highest BCUT2D eigenvalue weighted by atomic mass is 19.3. The molecule has 0 aliphatic rings. The number of aromatic amines is 1. The van der Waals surface area contributed by atoms with Crippen LogP contribution in [0.5, 0.6) is 0 Å². The first-order valence-corrected chi connectivity index (χ1v) is 8.30. The largest absolute Gasteiger partial charge is 0.352 e. The molecule has 0 aromatic carbocycles. The maximum Gasteiger partial charge on any atom is 0.282 e. The third kappa shape index (κ3) is 2.75. The van der Waals surface area contributed by atoms with E-state index in [9.17, 15) is 8.78 Å². The number of nitrogens with zero attached hydrogens (tertiary/aromatic N) is 5. The minimum absolute atomic E-state index is 0.238. The van der Waals surface area contributed by atoms with Gasteiger partial charge in [-0.2, -0.15) is 10.1 Å². The van der Waals surface area contributed by atoms with Crippen LogP contribution >= 0.6 is 0 Å². The molecule has 0 saturated heterocycles. The zero-order valence-corrected chi connectivity index (χ0v) is 14.2. The van der Waals surface area contributed by atoms with Crippen LogP contribution < -0.4 is 5.32 Å². The highest BCUT2D eigenvalue weighted by Gasteiger charge is 2.16. The lowest BCUT2D eigenvalue weighted by Crippen LogP contribution is -2.15. The van der Waals surface area contributed by atoms with Gasteiger partial charge in [0.25, 0.3) is 6.43 Å². The highest BCUT2D eigenvalue weighted by molar-refractivity contribution is 5.92. The first-order valence-electron chi connectivity index (χ1n) is 8.30. The zero-order valence-electron chi connectivity index (χ0n) is 14.2. The van der Waals surface area contributed by atoms with Gasteiger partial charge in [-0.3, -0.25) is 0 Å². The van der Waals surface area contributed by atoms with Gasteiger partial charge >= 0.3 is 0 Å². The van der Waals surface area contributed by atoms with Crippen LogP contribution in [-0.4, -0.2) is 35.6 Å². The molecule has 0 spiro atoms. The molecule has 134 valence electrons. The first-order chi connectivity index (χ1) is 12.6. The lowest BCUT2D eigenvalue weighted by molar-refractivity contribution is 0.143. The van der Waals surface area contributed by atoms with E-state index in [0.29, 0.717) is 22.9 Å². The quantitative estimate of drug-likeness (QED) is 0.567. The predicted molar refractivity (Wildman–Crippen MR) is 94.2 cm³/mol. The Hall–Kier alpha value is -3.10. The van der Waals surface area contributed by atoms with E-state index in [2.05, 4.69) is 44.2 Å². The smallest absolute Gasteiger partial charge is 0.282 e. The molecule has 1 atom stereocenters. The molecule has 4 rings (SSSR count). The van der Waals surface area contributed by atoms with Crippen molar-refractivity contribution >= 4 is 22.6 Å². The van der Waals surface area contributed by atoms with Crippen LogP contribution in [0.25, 0.3) is 27.9 Å². The number of anilines is 1. The molecule has 2 N–H and O–H groups in total. The zero-order chi connectivity index (χ0) is 18.3. The van der Waals surface area contributed by atoms with E-state index in [-0.39, 0.29) is 11.7 Å². The van der Waals surface area contributed by atoms with Crippen molar-refractivity contribution in [1.82, 2.24) is 29.5 Å². The van der Waals surface area contributed by atoms with Crippen LogP contribution in [0.15, 0.2) is 30.7 Å². The van der Waals surface area contributed by atoms with E-state index in [1.807, 2.05) is 0 Å². The van der Waals surface area contributed by atoms with E-state index < -0.39 is 6.43 Å². The maximum atomic E-state index is 13.1. The molecule has 0 bridgehead atoms. The summed E-state index contributed by atoms with van der Waals surface area (Å²) in [5.41, 5.74) is 2.07. The Kier molecular flexibility index (Phi) is 3.98. The summed E-state index contributed by atoms with van der Waals surface area (Å²) in [7, 11) is 0. The van der Waals surface area contributed by atoms with Gasteiger partial charge in [0.1, 0.15) is 11.3 Å². The number of alkyl halides is 2. The van der Waals surface area contributed by atoms with Gasteiger partial charge in [0.15, 0.2) is 5.65 Å². The summed E-state index contributed by atoms with van der Waals surface area (Å²) in [6, 6.07) is 3.66. The third-order valence-corrected chi connectivity index (χ3v) is 4.31. The maximum absolute atomic E-state index is 13.1. The number of fused-ring (bicyclic) bond motifs is 2. The lowest BCUT2D eigenvalue weighted by Gasteiger charge is -2.10. The molecule has 9 heteroatoms. The minimum Gasteiger partial charge on any atom is -0.352 e. The van der Waals surface area contributed by atoms with Crippen molar-refractivity contribution in [1.29, 1.82) is 0 Å². The van der Waals surface area contributed by atoms with Crippen molar-refractivity contribution in [3.63, 3.8) is 0 Å². The molecular formula is C17H17F2N7. The fraction of sp³-hybridized carbons (Fsp3) is 0.294. The molecule has 0 fully saturated rings. The molecule has 0 aliphatic carbocycles. The number of imidazole rings is 1. The van der Waals surface area contributed by atoms with Crippen molar-refractivity contribution < 1.29 is 8.78 Å². The summed E-state index contributed by atoms with van der Waals surface area (Å²) in [5, 5.41) is 8.30. The molecule has 0 aliphatic heterocycles. The Balaban J connectivity index is 1.77. The molecule has 0 amide bonds. The summed E-state index contributed by atoms with van der Waals surface area (Å²) >= 11 is 0. The lowest BCUT2D eigenvalue weighted by atomic mass is 10.2. The third-order valence-electron chi connectivity index (χ3n) is 4.31. The number of aromatic nitrogens is 6. The van der Waals surface area contributed by atoms with Gasteiger partial charge in [-0.15, -0.1) is 0 Å². The second kappa shape index (κ2) is 6.32. The van der Waals surface area contributed by atoms with E-state index in [1.165, 1.54) is 4.52 Å². The number of hydrogen-bond donors (Lipinski definition) is 2. The van der Waals surface area contributed by atoms with Crippen molar-refractivity contribution in [2.75, 3.05) is 5.32 Å². The number of halogens is 2. The molecule has 4 heterocycles. The van der Waals surface area contributed by atoms with Gasteiger partial charge in [0.05, 0.1) is 11.9 Å². The molecule has 7 nitrogen and oxygen atoms in total. The van der Waals surface area contributed by atoms with Crippen LogP contribution in [-0.2, 0) is 0 Å². The van der Waals surface area contributed by atoms with Crippen LogP contribution in [0.3, 0.4) is 0 Å². The molecule has 0 unspecified atom stereocenters. The molecule has 4 aromatic rings. The van der Waals surface area contributed by atoms with Gasteiger partial charge in [-0.05, 0) is 25.5 Å². The standard InChI is InChI=1S/C17H17F2N7/c1-3-9(2)23-17-22-7-11-10(6-21-16(11)24-17)12-4-5-14-20-8-13(15(18)19)26(14)25-12/h4-9,15H,3H2,1-2H3,(H2,21,22,23,24)/t9-/m0/s1. The van der Waals surface area contributed by atoms with Crippen LogP contribution in [0.4, 0.5) is 14.7 Å². The van der Waals surface area contributed by atoms with E-state index in [0.717, 1.165) is 23.6 Å². The number of hydrogen-bond acceptors (Lipinski definition) is 5. The number of H-pyrrole nitrogens is 1. The second-order valence-electron chi connectivity index (χ2n) is 6.08. The van der Waals surface area contributed by atoms with E-state index in [4.69, 9.17) is 0 Å². The Morgan fingerprint density at radius 1 is 1.23 bits per heavy atom. The van der Waals surface area contributed by atoms with E-state index in [1.54, 1.807) is 24.5 Å². The fourth-order valence-corrected chi connectivity index (χ4v) is 2.69. The Labute approximate surface area is 147 Å². The molecular weight excluding hydrogens is 340 g/mol. The van der Waals surface area contributed by atoms with Gasteiger partial charge in [-0.1, -0.05) is 6.92 Å². The monoisotopic (exact) mass is 357 g/mol. The summed E-state index contributed by atoms with van der Waals surface area (Å²) < 4.78 is 27.4. The van der Waals surface area contributed by atoms with Gasteiger partial charge < -0.3 is 10.3 Å². The van der Waals surface area contributed by atoms with Gasteiger partial charge in [0.2, 0.25) is 5.95 Å². The SMILES string of the molecule is CC[C@H](C)Nc1ncc2c(-c3ccc4ncc(C(F)F)n4n3)c[nH]c2n1. The van der Waals surface area contributed by atoms with Gasteiger partial charge in [-0.25, -0.2) is 23.3 Å².